The second kappa shape index (κ2) is 16.5. The van der Waals surface area contributed by atoms with Crippen LogP contribution >= 0.6 is 11.6 Å². The Morgan fingerprint density at radius 2 is 1.75 bits per heavy atom. The quantitative estimate of drug-likeness (QED) is 0.319. The lowest BCUT2D eigenvalue weighted by Gasteiger charge is -2.32. The number of nitriles is 1. The lowest BCUT2D eigenvalue weighted by Crippen LogP contribution is -2.38. The molecule has 0 radical (unpaired) electrons. The van der Waals surface area contributed by atoms with Crippen LogP contribution in [0.5, 0.6) is 0 Å². The van der Waals surface area contributed by atoms with E-state index in [9.17, 15) is 4.79 Å². The van der Waals surface area contributed by atoms with Gasteiger partial charge in [0.1, 0.15) is 6.79 Å². The summed E-state index contributed by atoms with van der Waals surface area (Å²) in [5.41, 5.74) is 5.88. The van der Waals surface area contributed by atoms with Gasteiger partial charge in [-0.05, 0) is 94.7 Å². The maximum Gasteiger partial charge on any atom is 0.254 e. The Morgan fingerprint density at radius 1 is 1.17 bits per heavy atom. The summed E-state index contributed by atoms with van der Waals surface area (Å²) >= 11 is 5.79. The summed E-state index contributed by atoms with van der Waals surface area (Å²) in [4.78, 5) is 23.2. The maximum atomic E-state index is 13.2. The molecule has 0 aliphatic carbocycles. The van der Waals surface area contributed by atoms with Gasteiger partial charge in [-0.1, -0.05) is 23.8 Å². The summed E-state index contributed by atoms with van der Waals surface area (Å²) in [5, 5.41) is 12.5. The fourth-order valence-electron chi connectivity index (χ4n) is 4.10. The smallest absolute Gasteiger partial charge is 0.254 e. The molecule has 1 heterocycles. The molecule has 1 fully saturated rings. The van der Waals surface area contributed by atoms with E-state index in [-0.39, 0.29) is 5.91 Å². The average Bonchev–Trinajstić information content (AvgIpc) is 2.89. The molecule has 2 aromatic rings. The molecule has 1 N–H and O–H groups in total. The number of nitrogens with zero attached hydrogens (tertiary/aromatic N) is 2. The second-order valence-corrected chi connectivity index (χ2v) is 9.79. The zero-order valence-corrected chi connectivity index (χ0v) is 22.9. The van der Waals surface area contributed by atoms with Gasteiger partial charge < -0.3 is 15.0 Å². The molecule has 1 unspecified atom stereocenters. The molecule has 1 atom stereocenters. The number of piperidine rings is 1. The van der Waals surface area contributed by atoms with Crippen LogP contribution in [0, 0.1) is 18.3 Å². The van der Waals surface area contributed by atoms with Gasteiger partial charge in [0.2, 0.25) is 0 Å². The SMILES string of the molecule is C=C(C)C.C=O.Cc1ccc(NC(C)CCCCl)cc1C(=O)N1CCC(c2ccc(C#N)cc2)CC1. The Bertz CT molecular complexity index is 1000. The predicted molar refractivity (Wildman–Crippen MR) is 151 cm³/mol. The lowest BCUT2D eigenvalue weighted by atomic mass is 9.88. The molecule has 5 nitrogen and oxygen atoms in total. The number of likely N-dealkylation sites (tertiary alicyclic amines) is 1. The number of hydrogen-bond acceptors (Lipinski definition) is 4. The zero-order chi connectivity index (χ0) is 27.1. The minimum Gasteiger partial charge on any atom is -0.383 e. The summed E-state index contributed by atoms with van der Waals surface area (Å²) in [6, 6.07) is 16.4. The van der Waals surface area contributed by atoms with Gasteiger partial charge in [-0.2, -0.15) is 5.26 Å². The van der Waals surface area contributed by atoms with E-state index in [1.54, 1.807) is 0 Å². The Hall–Kier alpha value is -3.10. The third-order valence-electron chi connectivity index (χ3n) is 5.95. The molecule has 2 aromatic carbocycles. The number of anilines is 1. The van der Waals surface area contributed by atoms with Crippen molar-refractivity contribution in [3.05, 3.63) is 76.9 Å². The highest BCUT2D eigenvalue weighted by Gasteiger charge is 2.25. The molecule has 0 aromatic heterocycles. The van der Waals surface area contributed by atoms with Gasteiger partial charge in [0.05, 0.1) is 11.6 Å². The van der Waals surface area contributed by atoms with Crippen molar-refractivity contribution in [2.24, 2.45) is 0 Å². The minimum absolute atomic E-state index is 0.114. The van der Waals surface area contributed by atoms with Crippen LogP contribution in [0.15, 0.2) is 54.6 Å². The van der Waals surface area contributed by atoms with Crippen LogP contribution in [0.3, 0.4) is 0 Å². The Kier molecular flexibility index (Phi) is 14.2. The fraction of sp³-hybridized carbons (Fsp3) is 0.433. The third-order valence-corrected chi connectivity index (χ3v) is 6.21. The molecule has 1 saturated heterocycles. The molecule has 0 saturated carbocycles. The first-order valence-corrected chi connectivity index (χ1v) is 12.9. The Morgan fingerprint density at radius 3 is 2.28 bits per heavy atom. The lowest BCUT2D eigenvalue weighted by molar-refractivity contribution is -0.0980. The van der Waals surface area contributed by atoms with Crippen LogP contribution in [-0.4, -0.2) is 42.6 Å². The van der Waals surface area contributed by atoms with Crippen LogP contribution in [0.1, 0.15) is 79.4 Å². The van der Waals surface area contributed by atoms with E-state index >= 15 is 0 Å². The molecule has 194 valence electrons. The Labute approximate surface area is 222 Å². The van der Waals surface area contributed by atoms with Crippen LogP contribution in [0.25, 0.3) is 0 Å². The van der Waals surface area contributed by atoms with E-state index in [0.717, 1.165) is 55.6 Å². The van der Waals surface area contributed by atoms with Crippen molar-refractivity contribution in [3.8, 4) is 6.07 Å². The van der Waals surface area contributed by atoms with Gasteiger partial charge >= 0.3 is 0 Å². The largest absolute Gasteiger partial charge is 0.383 e. The van der Waals surface area contributed by atoms with Gasteiger partial charge in [0.15, 0.2) is 0 Å². The molecule has 6 heteroatoms. The molecular weight excluding hydrogens is 470 g/mol. The molecule has 0 bridgehead atoms. The van der Waals surface area contributed by atoms with Gasteiger partial charge in [-0.3, -0.25) is 4.79 Å². The summed E-state index contributed by atoms with van der Waals surface area (Å²) in [6.07, 6.45) is 3.87. The van der Waals surface area contributed by atoms with E-state index in [1.165, 1.54) is 11.1 Å². The third kappa shape index (κ3) is 10.3. The molecule has 3 rings (SSSR count). The van der Waals surface area contributed by atoms with Crippen molar-refractivity contribution >= 4 is 30.0 Å². The number of nitrogens with one attached hydrogen (secondary N) is 1. The second-order valence-electron chi connectivity index (χ2n) is 9.41. The summed E-state index contributed by atoms with van der Waals surface area (Å²) in [6.45, 7) is 15.2. The minimum atomic E-state index is 0.114. The van der Waals surface area contributed by atoms with E-state index in [2.05, 4.69) is 24.9 Å². The highest BCUT2D eigenvalue weighted by molar-refractivity contribution is 6.17. The number of halogens is 1. The average molecular weight is 510 g/mol. The van der Waals surface area contributed by atoms with Gasteiger partial charge in [0, 0.05) is 36.3 Å². The van der Waals surface area contributed by atoms with Crippen molar-refractivity contribution in [1.82, 2.24) is 4.90 Å². The van der Waals surface area contributed by atoms with Gasteiger partial charge in [0.25, 0.3) is 5.91 Å². The summed E-state index contributed by atoms with van der Waals surface area (Å²) < 4.78 is 0. The summed E-state index contributed by atoms with van der Waals surface area (Å²) in [7, 11) is 0. The fourth-order valence-corrected chi connectivity index (χ4v) is 4.25. The summed E-state index contributed by atoms with van der Waals surface area (Å²) in [5.74, 6) is 1.23. The first-order chi connectivity index (χ1) is 17.2. The number of alkyl halides is 1. The van der Waals surface area contributed by atoms with Crippen LogP contribution in [0.2, 0.25) is 0 Å². The Balaban J connectivity index is 0.000000982. The molecule has 1 aliphatic heterocycles. The monoisotopic (exact) mass is 509 g/mol. The maximum absolute atomic E-state index is 13.2. The van der Waals surface area contributed by atoms with Crippen molar-refractivity contribution < 1.29 is 9.59 Å². The molecule has 36 heavy (non-hydrogen) atoms. The standard InChI is InChI=1S/C25H30ClN3O.C4H8.CH2O/c1-18-5-10-23(28-19(2)4-3-13-26)16-24(18)25(30)29-14-11-22(12-15-29)21-8-6-20(17-27)7-9-21;1-4(2)3;1-2/h5-10,16,19,22,28H,3-4,11-15H2,1-2H3;1H2,2-3H3;1H2. The number of benzene rings is 2. The first kappa shape index (κ1) is 30.9. The van der Waals surface area contributed by atoms with E-state index < -0.39 is 0 Å². The van der Waals surface area contributed by atoms with Gasteiger partial charge in [-0.15, -0.1) is 18.2 Å². The highest BCUT2D eigenvalue weighted by Crippen LogP contribution is 2.29. The zero-order valence-electron chi connectivity index (χ0n) is 22.1. The van der Waals surface area contributed by atoms with Crippen LogP contribution in [0.4, 0.5) is 5.69 Å². The van der Waals surface area contributed by atoms with Gasteiger partial charge in [-0.25, -0.2) is 0 Å². The predicted octanol–water partition coefficient (Wildman–Crippen LogP) is 7.10. The topological polar surface area (TPSA) is 73.2 Å². The van der Waals surface area contributed by atoms with Crippen LogP contribution in [-0.2, 0) is 4.79 Å². The number of allylic oxidation sites excluding steroid dienone is 1. The molecular formula is C30H40ClN3O2. The van der Waals surface area contributed by atoms with Crippen LogP contribution < -0.4 is 5.32 Å². The number of rotatable bonds is 7. The number of hydrogen-bond donors (Lipinski definition) is 1. The molecule has 0 spiro atoms. The molecule has 1 amide bonds. The number of carbonyl (C=O) groups excluding carboxylic acids is 2. The molecule has 1 aliphatic rings. The van der Waals surface area contributed by atoms with Crippen molar-refractivity contribution in [3.63, 3.8) is 0 Å². The van der Waals surface area contributed by atoms with E-state index in [1.807, 2.05) is 74.9 Å². The number of amides is 1. The highest BCUT2D eigenvalue weighted by atomic mass is 35.5. The van der Waals surface area contributed by atoms with E-state index in [4.69, 9.17) is 21.7 Å². The van der Waals surface area contributed by atoms with Crippen molar-refractivity contribution in [2.75, 3.05) is 24.3 Å². The first-order valence-electron chi connectivity index (χ1n) is 12.4. The number of carbonyl (C=O) groups is 2. The number of aryl methyl sites for hydroxylation is 1. The normalized spacial score (nSPS) is 13.7. The van der Waals surface area contributed by atoms with Crippen molar-refractivity contribution in [2.45, 2.75) is 65.3 Å². The van der Waals surface area contributed by atoms with E-state index in [0.29, 0.717) is 23.4 Å². The van der Waals surface area contributed by atoms with Crippen molar-refractivity contribution in [1.29, 1.82) is 5.26 Å².